The Bertz CT molecular complexity index is 1100. The Morgan fingerprint density at radius 3 is 2.58 bits per heavy atom. The van der Waals surface area contributed by atoms with Crippen LogP contribution in [0.5, 0.6) is 0 Å². The fourth-order valence-electron chi connectivity index (χ4n) is 5.35. The maximum absolute atomic E-state index is 13.2. The largest absolute Gasteiger partial charge is 0.461 e. The van der Waals surface area contributed by atoms with Crippen LogP contribution < -0.4 is 10.6 Å². The van der Waals surface area contributed by atoms with Gasteiger partial charge in [-0.25, -0.2) is 0 Å². The lowest BCUT2D eigenvalue weighted by molar-refractivity contribution is -0.145. The van der Waals surface area contributed by atoms with Gasteiger partial charge in [0.15, 0.2) is 0 Å². The predicted molar refractivity (Wildman–Crippen MR) is 120 cm³/mol. The summed E-state index contributed by atoms with van der Waals surface area (Å²) < 4.78 is 5.50. The van der Waals surface area contributed by atoms with Gasteiger partial charge in [-0.2, -0.15) is 0 Å². The third kappa shape index (κ3) is 3.26. The zero-order valence-electron chi connectivity index (χ0n) is 17.2. The van der Waals surface area contributed by atoms with Crippen molar-refractivity contribution in [3.05, 3.63) is 59.2 Å². The molecule has 2 amide bonds. The second-order valence-electron chi connectivity index (χ2n) is 8.75. The molecular weight excluding hydrogens is 460 g/mol. The molecule has 31 heavy (non-hydrogen) atoms. The first kappa shape index (κ1) is 20.2. The smallest absolute Gasteiger partial charge is 0.310 e. The van der Waals surface area contributed by atoms with E-state index < -0.39 is 5.92 Å². The number of para-hydroxylation sites is 1. The van der Waals surface area contributed by atoms with Crippen molar-refractivity contribution in [2.75, 3.05) is 10.6 Å². The van der Waals surface area contributed by atoms with Gasteiger partial charge in [0.1, 0.15) is 6.10 Å². The van der Waals surface area contributed by atoms with Gasteiger partial charge in [-0.3, -0.25) is 14.4 Å². The molecule has 0 spiro atoms. The van der Waals surface area contributed by atoms with E-state index in [2.05, 4.69) is 26.6 Å². The summed E-state index contributed by atoms with van der Waals surface area (Å²) in [5, 5.41) is 5.83. The number of rotatable bonds is 4. The van der Waals surface area contributed by atoms with E-state index in [1.807, 2.05) is 32.0 Å². The summed E-state index contributed by atoms with van der Waals surface area (Å²) >= 11 is 3.63. The van der Waals surface area contributed by atoms with E-state index in [0.717, 1.165) is 17.5 Å². The van der Waals surface area contributed by atoms with Gasteiger partial charge in [0.25, 0.3) is 5.91 Å². The van der Waals surface area contributed by atoms with Gasteiger partial charge in [-0.05, 0) is 61.6 Å². The molecule has 5 rings (SSSR count). The van der Waals surface area contributed by atoms with Crippen LogP contribution in [-0.4, -0.2) is 28.7 Å². The van der Waals surface area contributed by atoms with Crippen LogP contribution in [0.1, 0.15) is 27.9 Å². The number of halogens is 1. The molecule has 3 aliphatic rings. The first-order valence-corrected chi connectivity index (χ1v) is 11.4. The van der Waals surface area contributed by atoms with Gasteiger partial charge < -0.3 is 15.4 Å². The Morgan fingerprint density at radius 1 is 1.03 bits per heavy atom. The topological polar surface area (TPSA) is 84.5 Å². The summed E-state index contributed by atoms with van der Waals surface area (Å²) in [6, 6.07) is 12.7. The van der Waals surface area contributed by atoms with Crippen molar-refractivity contribution in [3.63, 3.8) is 0 Å². The van der Waals surface area contributed by atoms with Gasteiger partial charge >= 0.3 is 5.97 Å². The summed E-state index contributed by atoms with van der Waals surface area (Å²) in [7, 11) is 0. The summed E-state index contributed by atoms with van der Waals surface area (Å²) in [5.74, 6) is -1.49. The normalized spacial score (nSPS) is 30.2. The second-order valence-corrected chi connectivity index (χ2v) is 9.81. The number of fused-ring (bicyclic) bond motifs is 1. The zero-order chi connectivity index (χ0) is 21.9. The Balaban J connectivity index is 1.36. The molecule has 0 radical (unpaired) electrons. The van der Waals surface area contributed by atoms with Crippen LogP contribution in [0.25, 0.3) is 0 Å². The summed E-state index contributed by atoms with van der Waals surface area (Å²) in [6.45, 7) is 4.01. The van der Waals surface area contributed by atoms with Crippen LogP contribution in [0.2, 0.25) is 0 Å². The number of ether oxygens (including phenoxy) is 1. The molecule has 160 valence electrons. The van der Waals surface area contributed by atoms with Gasteiger partial charge in [0.05, 0.1) is 27.9 Å². The Morgan fingerprint density at radius 2 is 1.81 bits per heavy atom. The Labute approximate surface area is 188 Å². The standard InChI is InChI=1S/C24H23BrN2O4/c1-11-7-8-13(9-12(11)2)26-22(28)14-5-3-4-6-17(14)27-23(29)18-15-10-16-19(18)24(30)31-21(16)20(15)25/h3-9,15-16,18-21H,10H2,1-2H3,(H,26,28)(H,27,29)/t15-,16-,18-,19-,20+,21+/m1/s1. The highest BCUT2D eigenvalue weighted by Gasteiger charge is 2.67. The molecule has 1 aliphatic heterocycles. The highest BCUT2D eigenvalue weighted by Crippen LogP contribution is 2.60. The molecule has 6 nitrogen and oxygen atoms in total. The second kappa shape index (κ2) is 7.48. The molecule has 2 saturated carbocycles. The number of anilines is 2. The maximum atomic E-state index is 13.2. The van der Waals surface area contributed by atoms with Crippen molar-refractivity contribution in [1.82, 2.24) is 0 Å². The molecule has 3 fully saturated rings. The number of aryl methyl sites for hydroxylation is 2. The van der Waals surface area contributed by atoms with Crippen molar-refractivity contribution in [1.29, 1.82) is 0 Å². The van der Waals surface area contributed by atoms with Crippen molar-refractivity contribution in [2.24, 2.45) is 23.7 Å². The SMILES string of the molecule is Cc1ccc(NC(=O)c2ccccc2NC(=O)[C@@H]2[C@H]3C[C@H]4[C@H](OC(=O)[C@H]42)[C@H]3Br)cc1C. The summed E-state index contributed by atoms with van der Waals surface area (Å²) in [4.78, 5) is 38.5. The molecule has 6 atom stereocenters. The quantitative estimate of drug-likeness (QED) is 0.508. The van der Waals surface area contributed by atoms with Crippen molar-refractivity contribution >= 4 is 45.1 Å². The van der Waals surface area contributed by atoms with Crippen molar-refractivity contribution in [2.45, 2.75) is 31.2 Å². The number of benzene rings is 2. The van der Waals surface area contributed by atoms with Gasteiger partial charge in [-0.15, -0.1) is 0 Å². The predicted octanol–water partition coefficient (Wildman–Crippen LogP) is 4.07. The molecule has 2 bridgehead atoms. The molecule has 1 heterocycles. The van der Waals surface area contributed by atoms with E-state index in [4.69, 9.17) is 4.74 Å². The summed E-state index contributed by atoms with van der Waals surface area (Å²) in [6.07, 6.45) is 0.687. The van der Waals surface area contributed by atoms with Crippen molar-refractivity contribution < 1.29 is 19.1 Å². The van der Waals surface area contributed by atoms with E-state index in [1.165, 1.54) is 0 Å². The minimum Gasteiger partial charge on any atom is -0.461 e. The molecule has 0 unspecified atom stereocenters. The van der Waals surface area contributed by atoms with Crippen LogP contribution in [0, 0.1) is 37.5 Å². The lowest BCUT2D eigenvalue weighted by atomic mass is 9.79. The van der Waals surface area contributed by atoms with Crippen LogP contribution >= 0.6 is 15.9 Å². The molecule has 0 aromatic heterocycles. The maximum Gasteiger partial charge on any atom is 0.310 e. The first-order valence-electron chi connectivity index (χ1n) is 10.5. The van der Waals surface area contributed by atoms with Gasteiger partial charge in [0, 0.05) is 11.6 Å². The summed E-state index contributed by atoms with van der Waals surface area (Å²) in [5.41, 5.74) is 3.74. The molecule has 1 saturated heterocycles. The first-order chi connectivity index (χ1) is 14.8. The molecular formula is C24H23BrN2O4. The van der Waals surface area contributed by atoms with E-state index in [-0.39, 0.29) is 46.5 Å². The van der Waals surface area contributed by atoms with Crippen molar-refractivity contribution in [3.8, 4) is 0 Å². The van der Waals surface area contributed by atoms with Crippen LogP contribution in [0.3, 0.4) is 0 Å². The third-order valence-corrected chi connectivity index (χ3v) is 8.22. The number of esters is 1. The number of amides is 2. The van der Waals surface area contributed by atoms with Crippen LogP contribution in [-0.2, 0) is 14.3 Å². The van der Waals surface area contributed by atoms with Crippen LogP contribution in [0.4, 0.5) is 11.4 Å². The Kier molecular flexibility index (Phi) is 4.88. The fourth-order valence-corrected chi connectivity index (χ4v) is 6.40. The minimum absolute atomic E-state index is 0.000677. The number of hydrogen-bond donors (Lipinski definition) is 2. The molecule has 2 aromatic carbocycles. The van der Waals surface area contributed by atoms with Gasteiger partial charge in [-0.1, -0.05) is 34.1 Å². The number of carbonyl (C=O) groups is 3. The van der Waals surface area contributed by atoms with E-state index >= 15 is 0 Å². The number of hydrogen-bond acceptors (Lipinski definition) is 4. The average Bonchev–Trinajstić information content (AvgIpc) is 3.35. The Hall–Kier alpha value is -2.67. The number of carbonyl (C=O) groups excluding carboxylic acids is 3. The third-order valence-electron chi connectivity index (χ3n) is 7.02. The number of nitrogens with one attached hydrogen (secondary N) is 2. The molecule has 2 aliphatic carbocycles. The van der Waals surface area contributed by atoms with Crippen LogP contribution in [0.15, 0.2) is 42.5 Å². The highest BCUT2D eigenvalue weighted by molar-refractivity contribution is 9.09. The lowest BCUT2D eigenvalue weighted by Gasteiger charge is -2.27. The fraction of sp³-hybridized carbons (Fsp3) is 0.375. The monoisotopic (exact) mass is 482 g/mol. The van der Waals surface area contributed by atoms with E-state index in [0.29, 0.717) is 16.9 Å². The zero-order valence-corrected chi connectivity index (χ0v) is 18.8. The van der Waals surface area contributed by atoms with Gasteiger partial charge in [0.2, 0.25) is 5.91 Å². The molecule has 2 aromatic rings. The average molecular weight is 483 g/mol. The van der Waals surface area contributed by atoms with E-state index in [1.54, 1.807) is 24.3 Å². The van der Waals surface area contributed by atoms with E-state index in [9.17, 15) is 14.4 Å². The highest BCUT2D eigenvalue weighted by atomic mass is 79.9. The lowest BCUT2D eigenvalue weighted by Crippen LogP contribution is -2.40. The molecule has 2 N–H and O–H groups in total. The number of alkyl halides is 1. The molecule has 7 heteroatoms. The minimum atomic E-state index is -0.448.